The monoisotopic (exact) mass is 260 g/mol. The van der Waals surface area contributed by atoms with Crippen LogP contribution in [0.15, 0.2) is 29.4 Å². The van der Waals surface area contributed by atoms with Gasteiger partial charge in [-0.3, -0.25) is 4.21 Å². The molecule has 2 unspecified atom stereocenters. The Morgan fingerprint density at radius 2 is 2.31 bits per heavy atom. The minimum atomic E-state index is -0.955. The molecule has 1 aromatic rings. The maximum absolute atomic E-state index is 11.9. The molecule has 1 saturated heterocycles. The lowest BCUT2D eigenvalue weighted by atomic mass is 10.1. The van der Waals surface area contributed by atoms with E-state index in [0.717, 1.165) is 13.0 Å². The Hall–Kier alpha value is -0.450. The van der Waals surface area contributed by atoms with Crippen LogP contribution < -0.4 is 5.32 Å². The van der Waals surface area contributed by atoms with Gasteiger partial charge in [-0.2, -0.15) is 0 Å². The number of piperidine rings is 1. The van der Waals surface area contributed by atoms with E-state index in [1.165, 1.54) is 12.8 Å². The zero-order valence-electron chi connectivity index (χ0n) is 9.09. The van der Waals surface area contributed by atoms with Crippen LogP contribution in [0.3, 0.4) is 0 Å². The molecule has 2 atom stereocenters. The molecule has 1 fully saturated rings. The van der Waals surface area contributed by atoms with Gasteiger partial charge in [0.1, 0.15) is 5.03 Å². The second-order valence-electron chi connectivity index (χ2n) is 3.83. The fourth-order valence-electron chi connectivity index (χ4n) is 1.82. The lowest BCUT2D eigenvalue weighted by Crippen LogP contribution is -2.38. The van der Waals surface area contributed by atoms with E-state index in [1.54, 1.807) is 6.20 Å². The Balaban J connectivity index is 0.00000128. The molecule has 90 valence electrons. The average Bonchev–Trinajstić information content (AvgIpc) is 2.31. The van der Waals surface area contributed by atoms with Gasteiger partial charge in [0.15, 0.2) is 0 Å². The van der Waals surface area contributed by atoms with Crippen LogP contribution in [-0.2, 0) is 10.8 Å². The topological polar surface area (TPSA) is 42.0 Å². The number of hydrogen-bond donors (Lipinski definition) is 1. The van der Waals surface area contributed by atoms with Crippen molar-refractivity contribution in [3.63, 3.8) is 0 Å². The molecule has 0 amide bonds. The van der Waals surface area contributed by atoms with Crippen LogP contribution >= 0.6 is 12.4 Å². The predicted octanol–water partition coefficient (Wildman–Crippen LogP) is 1.75. The summed E-state index contributed by atoms with van der Waals surface area (Å²) in [5.41, 5.74) is 0. The van der Waals surface area contributed by atoms with Gasteiger partial charge < -0.3 is 5.32 Å². The average molecular weight is 261 g/mol. The van der Waals surface area contributed by atoms with E-state index in [-0.39, 0.29) is 12.4 Å². The first kappa shape index (κ1) is 13.6. The molecule has 0 spiro atoms. The van der Waals surface area contributed by atoms with Crippen molar-refractivity contribution in [3.8, 4) is 0 Å². The minimum absolute atomic E-state index is 0. The minimum Gasteiger partial charge on any atom is -0.313 e. The second kappa shape index (κ2) is 6.99. The van der Waals surface area contributed by atoms with Crippen molar-refractivity contribution >= 4 is 23.2 Å². The van der Waals surface area contributed by atoms with Crippen LogP contribution in [0.2, 0.25) is 0 Å². The van der Waals surface area contributed by atoms with E-state index < -0.39 is 10.8 Å². The van der Waals surface area contributed by atoms with Gasteiger partial charge in [0.05, 0.1) is 10.8 Å². The van der Waals surface area contributed by atoms with Crippen LogP contribution in [0.25, 0.3) is 0 Å². The molecule has 1 N–H and O–H groups in total. The Labute approximate surface area is 105 Å². The van der Waals surface area contributed by atoms with Gasteiger partial charge >= 0.3 is 0 Å². The van der Waals surface area contributed by atoms with E-state index in [2.05, 4.69) is 10.3 Å². The molecule has 1 aliphatic heterocycles. The van der Waals surface area contributed by atoms with Crippen LogP contribution in [0, 0.1) is 0 Å². The summed E-state index contributed by atoms with van der Waals surface area (Å²) in [6.45, 7) is 1.06. The van der Waals surface area contributed by atoms with Gasteiger partial charge in [-0.15, -0.1) is 12.4 Å². The van der Waals surface area contributed by atoms with Crippen LogP contribution in [0.5, 0.6) is 0 Å². The zero-order valence-corrected chi connectivity index (χ0v) is 10.7. The van der Waals surface area contributed by atoms with E-state index >= 15 is 0 Å². The first-order valence-corrected chi connectivity index (χ1v) is 6.71. The normalized spacial score (nSPS) is 22.1. The first-order chi connectivity index (χ1) is 7.36. The maximum atomic E-state index is 11.9. The summed E-state index contributed by atoms with van der Waals surface area (Å²) in [6.07, 6.45) is 5.32. The molecule has 16 heavy (non-hydrogen) atoms. The molecular weight excluding hydrogens is 244 g/mol. The SMILES string of the molecule is Cl.O=S(CC1CCCCN1)c1ccccn1. The smallest absolute Gasteiger partial charge is 0.127 e. The summed E-state index contributed by atoms with van der Waals surface area (Å²) >= 11 is 0. The maximum Gasteiger partial charge on any atom is 0.127 e. The van der Waals surface area contributed by atoms with Gasteiger partial charge in [0.2, 0.25) is 0 Å². The molecule has 5 heteroatoms. The van der Waals surface area contributed by atoms with Crippen LogP contribution in [-0.4, -0.2) is 27.5 Å². The lowest BCUT2D eigenvalue weighted by Gasteiger charge is -2.22. The fraction of sp³-hybridized carbons (Fsp3) is 0.545. The summed E-state index contributed by atoms with van der Waals surface area (Å²) in [5, 5.41) is 4.10. The molecule has 2 rings (SSSR count). The summed E-state index contributed by atoms with van der Waals surface area (Å²) in [5.74, 6) is 0.691. The molecule has 0 saturated carbocycles. The summed E-state index contributed by atoms with van der Waals surface area (Å²) < 4.78 is 11.9. The molecule has 3 nitrogen and oxygen atoms in total. The predicted molar refractivity (Wildman–Crippen MR) is 68.4 cm³/mol. The molecule has 2 heterocycles. The Morgan fingerprint density at radius 3 is 2.94 bits per heavy atom. The summed E-state index contributed by atoms with van der Waals surface area (Å²) in [7, 11) is -0.955. The van der Waals surface area contributed by atoms with E-state index in [0.29, 0.717) is 16.8 Å². The zero-order chi connectivity index (χ0) is 10.5. The summed E-state index contributed by atoms with van der Waals surface area (Å²) in [6, 6.07) is 5.97. The van der Waals surface area contributed by atoms with Gasteiger partial charge in [-0.1, -0.05) is 12.5 Å². The molecular formula is C11H17ClN2OS. The molecule has 0 aromatic carbocycles. The van der Waals surface area contributed by atoms with Crippen molar-refractivity contribution in [1.29, 1.82) is 0 Å². The fourth-order valence-corrected chi connectivity index (χ4v) is 3.05. The van der Waals surface area contributed by atoms with Crippen molar-refractivity contribution in [3.05, 3.63) is 24.4 Å². The van der Waals surface area contributed by atoms with Crippen LogP contribution in [0.1, 0.15) is 19.3 Å². The Morgan fingerprint density at radius 1 is 1.44 bits per heavy atom. The van der Waals surface area contributed by atoms with Gasteiger partial charge in [0.25, 0.3) is 0 Å². The molecule has 1 aliphatic rings. The highest BCUT2D eigenvalue weighted by Gasteiger charge is 2.16. The highest BCUT2D eigenvalue weighted by atomic mass is 35.5. The Bertz CT molecular complexity index is 328. The molecule has 0 radical (unpaired) electrons. The molecule has 0 bridgehead atoms. The van der Waals surface area contributed by atoms with Crippen molar-refractivity contribution < 1.29 is 4.21 Å². The van der Waals surface area contributed by atoms with Crippen molar-refractivity contribution in [2.45, 2.75) is 30.3 Å². The number of hydrogen-bond acceptors (Lipinski definition) is 3. The van der Waals surface area contributed by atoms with Crippen LogP contribution in [0.4, 0.5) is 0 Å². The van der Waals surface area contributed by atoms with Crippen molar-refractivity contribution in [1.82, 2.24) is 10.3 Å². The van der Waals surface area contributed by atoms with Gasteiger partial charge in [-0.25, -0.2) is 4.98 Å². The summed E-state index contributed by atoms with van der Waals surface area (Å²) in [4.78, 5) is 4.12. The third-order valence-corrected chi connectivity index (χ3v) is 4.05. The van der Waals surface area contributed by atoms with Crippen molar-refractivity contribution in [2.24, 2.45) is 0 Å². The quantitative estimate of drug-likeness (QED) is 0.901. The van der Waals surface area contributed by atoms with Gasteiger partial charge in [0, 0.05) is 18.0 Å². The number of nitrogens with zero attached hydrogens (tertiary/aromatic N) is 1. The number of aromatic nitrogens is 1. The highest BCUT2D eigenvalue weighted by Crippen LogP contribution is 2.10. The molecule has 1 aromatic heterocycles. The number of rotatable bonds is 3. The van der Waals surface area contributed by atoms with Crippen molar-refractivity contribution in [2.75, 3.05) is 12.3 Å². The van der Waals surface area contributed by atoms with E-state index in [1.807, 2.05) is 18.2 Å². The van der Waals surface area contributed by atoms with E-state index in [4.69, 9.17) is 0 Å². The standard InChI is InChI=1S/C11H16N2OS.ClH/c14-15(11-6-2-4-8-13-11)9-10-5-1-3-7-12-10;/h2,4,6,8,10,12H,1,3,5,7,9H2;1H. The number of nitrogens with one attached hydrogen (secondary N) is 1. The Kier molecular flexibility index (Phi) is 5.95. The van der Waals surface area contributed by atoms with Gasteiger partial charge in [-0.05, 0) is 31.5 Å². The molecule has 0 aliphatic carbocycles. The second-order valence-corrected chi connectivity index (χ2v) is 5.27. The third-order valence-electron chi connectivity index (χ3n) is 2.64. The first-order valence-electron chi connectivity index (χ1n) is 5.39. The highest BCUT2D eigenvalue weighted by molar-refractivity contribution is 7.85. The lowest BCUT2D eigenvalue weighted by molar-refractivity contribution is 0.427. The third kappa shape index (κ3) is 3.85. The number of pyridine rings is 1. The van der Waals surface area contributed by atoms with E-state index in [9.17, 15) is 4.21 Å². The largest absolute Gasteiger partial charge is 0.313 e. The number of halogens is 1.